The van der Waals surface area contributed by atoms with Gasteiger partial charge in [0, 0.05) is 31.2 Å². The highest BCUT2D eigenvalue weighted by atomic mass is 16.5. The van der Waals surface area contributed by atoms with Crippen LogP contribution < -0.4 is 5.32 Å². The highest BCUT2D eigenvalue weighted by molar-refractivity contribution is 4.92. The van der Waals surface area contributed by atoms with Crippen LogP contribution in [0.1, 0.15) is 52.9 Å². The molecular weight excluding hydrogens is 224 g/mol. The van der Waals surface area contributed by atoms with E-state index in [0.29, 0.717) is 17.7 Å². The van der Waals surface area contributed by atoms with Gasteiger partial charge in [-0.25, -0.2) is 0 Å². The first-order valence-electron chi connectivity index (χ1n) is 7.73. The van der Waals surface area contributed by atoms with Gasteiger partial charge < -0.3 is 10.1 Å². The summed E-state index contributed by atoms with van der Waals surface area (Å²) in [5.41, 5.74) is 0.292. The zero-order valence-corrected chi connectivity index (χ0v) is 12.4. The minimum absolute atomic E-state index is 0.292. The lowest BCUT2D eigenvalue weighted by Gasteiger charge is -2.45. The topological polar surface area (TPSA) is 24.5 Å². The Morgan fingerprint density at radius 3 is 2.72 bits per heavy atom. The lowest BCUT2D eigenvalue weighted by atomic mass is 9.94. The van der Waals surface area contributed by atoms with E-state index in [1.807, 2.05) is 0 Å². The van der Waals surface area contributed by atoms with Crippen LogP contribution >= 0.6 is 0 Å². The molecule has 1 heterocycles. The molecule has 0 aromatic carbocycles. The van der Waals surface area contributed by atoms with E-state index in [2.05, 4.69) is 31.0 Å². The maximum atomic E-state index is 5.99. The molecule has 2 fully saturated rings. The smallest absolute Gasteiger partial charge is 0.0597 e. The third-order valence-corrected chi connectivity index (χ3v) is 4.81. The summed E-state index contributed by atoms with van der Waals surface area (Å²) in [6, 6.07) is 0.636. The summed E-state index contributed by atoms with van der Waals surface area (Å²) in [5, 5.41) is 3.67. The van der Waals surface area contributed by atoms with E-state index in [9.17, 15) is 0 Å². The molecule has 0 radical (unpaired) electrons. The first-order chi connectivity index (χ1) is 8.63. The second-order valence-electron chi connectivity index (χ2n) is 6.39. The van der Waals surface area contributed by atoms with Gasteiger partial charge in [-0.1, -0.05) is 19.8 Å². The number of nitrogens with zero attached hydrogens (tertiary/aromatic N) is 1. The largest absolute Gasteiger partial charge is 0.377 e. The number of hydrogen-bond acceptors (Lipinski definition) is 3. The molecule has 0 bridgehead atoms. The lowest BCUT2D eigenvalue weighted by Crippen LogP contribution is -2.62. The highest BCUT2D eigenvalue weighted by Crippen LogP contribution is 2.22. The Labute approximate surface area is 112 Å². The van der Waals surface area contributed by atoms with Crippen LogP contribution in [0.4, 0.5) is 0 Å². The van der Waals surface area contributed by atoms with Crippen LogP contribution in [0.15, 0.2) is 0 Å². The SMILES string of the molecule is CCC1(C)CN(CCOC2CCCC2)C(C)CN1. The summed E-state index contributed by atoms with van der Waals surface area (Å²) in [5.74, 6) is 0. The van der Waals surface area contributed by atoms with Gasteiger partial charge >= 0.3 is 0 Å². The molecule has 1 N–H and O–H groups in total. The van der Waals surface area contributed by atoms with Crippen molar-refractivity contribution in [3.8, 4) is 0 Å². The lowest BCUT2D eigenvalue weighted by molar-refractivity contribution is 0.0165. The molecule has 0 aromatic rings. The van der Waals surface area contributed by atoms with Gasteiger partial charge in [-0.05, 0) is 33.1 Å². The minimum Gasteiger partial charge on any atom is -0.377 e. The first-order valence-corrected chi connectivity index (χ1v) is 7.73. The second kappa shape index (κ2) is 6.36. The first kappa shape index (κ1) is 14.3. The van der Waals surface area contributed by atoms with Gasteiger partial charge in [-0.15, -0.1) is 0 Å². The van der Waals surface area contributed by atoms with Crippen molar-refractivity contribution in [2.45, 2.75) is 70.6 Å². The summed E-state index contributed by atoms with van der Waals surface area (Å²) in [7, 11) is 0. The fourth-order valence-corrected chi connectivity index (χ4v) is 3.11. The van der Waals surface area contributed by atoms with E-state index in [0.717, 1.165) is 26.2 Å². The molecule has 0 amide bonds. The zero-order valence-electron chi connectivity index (χ0n) is 12.4. The molecule has 2 unspecified atom stereocenters. The summed E-state index contributed by atoms with van der Waals surface area (Å²) >= 11 is 0. The maximum Gasteiger partial charge on any atom is 0.0597 e. The van der Waals surface area contributed by atoms with Gasteiger partial charge in [0.25, 0.3) is 0 Å². The molecule has 3 nitrogen and oxygen atoms in total. The molecule has 1 saturated carbocycles. The predicted octanol–water partition coefficient (Wildman–Crippen LogP) is 2.41. The van der Waals surface area contributed by atoms with Crippen LogP contribution in [0.3, 0.4) is 0 Å². The molecular formula is C15H30N2O. The number of nitrogens with one attached hydrogen (secondary N) is 1. The number of piperazine rings is 1. The van der Waals surface area contributed by atoms with E-state index >= 15 is 0 Å². The molecule has 1 aliphatic heterocycles. The molecule has 106 valence electrons. The van der Waals surface area contributed by atoms with Crippen molar-refractivity contribution in [1.29, 1.82) is 0 Å². The molecule has 2 aliphatic rings. The Morgan fingerprint density at radius 2 is 2.06 bits per heavy atom. The Morgan fingerprint density at radius 1 is 1.33 bits per heavy atom. The molecule has 18 heavy (non-hydrogen) atoms. The number of hydrogen-bond donors (Lipinski definition) is 1. The van der Waals surface area contributed by atoms with Crippen LogP contribution in [0, 0.1) is 0 Å². The standard InChI is InChI=1S/C15H30N2O/c1-4-15(3)12-17(13(2)11-16-15)9-10-18-14-7-5-6-8-14/h13-14,16H,4-12H2,1-3H3. The van der Waals surface area contributed by atoms with E-state index in [1.54, 1.807) is 0 Å². The molecule has 0 spiro atoms. The Balaban J connectivity index is 1.72. The quantitative estimate of drug-likeness (QED) is 0.815. The van der Waals surface area contributed by atoms with E-state index in [-0.39, 0.29) is 0 Å². The summed E-state index contributed by atoms with van der Waals surface area (Å²) < 4.78 is 5.99. The van der Waals surface area contributed by atoms with Gasteiger partial charge in [0.15, 0.2) is 0 Å². The van der Waals surface area contributed by atoms with Gasteiger partial charge in [0.05, 0.1) is 12.7 Å². The van der Waals surface area contributed by atoms with Crippen molar-refractivity contribution in [2.75, 3.05) is 26.2 Å². The average Bonchev–Trinajstić information content (AvgIpc) is 2.87. The maximum absolute atomic E-state index is 5.99. The molecule has 1 saturated heterocycles. The molecule has 1 aliphatic carbocycles. The highest BCUT2D eigenvalue weighted by Gasteiger charge is 2.32. The van der Waals surface area contributed by atoms with E-state index < -0.39 is 0 Å². The van der Waals surface area contributed by atoms with Crippen LogP contribution in [0.2, 0.25) is 0 Å². The van der Waals surface area contributed by atoms with Gasteiger partial charge in [-0.3, -0.25) is 4.90 Å². The van der Waals surface area contributed by atoms with E-state index in [4.69, 9.17) is 4.74 Å². The fraction of sp³-hybridized carbons (Fsp3) is 1.00. The summed E-state index contributed by atoms with van der Waals surface area (Å²) in [6.07, 6.45) is 7.04. The summed E-state index contributed by atoms with van der Waals surface area (Å²) in [6.45, 7) is 11.2. The van der Waals surface area contributed by atoms with Crippen molar-refractivity contribution < 1.29 is 4.74 Å². The molecule has 3 heteroatoms. The second-order valence-corrected chi connectivity index (χ2v) is 6.39. The molecule has 2 rings (SSSR count). The minimum atomic E-state index is 0.292. The van der Waals surface area contributed by atoms with Gasteiger partial charge in [0.1, 0.15) is 0 Å². The third-order valence-electron chi connectivity index (χ3n) is 4.81. The number of ether oxygens (including phenoxy) is 1. The number of rotatable bonds is 5. The normalized spacial score (nSPS) is 35.2. The fourth-order valence-electron chi connectivity index (χ4n) is 3.11. The van der Waals surface area contributed by atoms with Crippen molar-refractivity contribution in [3.63, 3.8) is 0 Å². The Kier molecular flexibility index (Phi) is 5.05. The molecule has 2 atom stereocenters. The Bertz CT molecular complexity index is 253. The van der Waals surface area contributed by atoms with Crippen LogP contribution in [0.5, 0.6) is 0 Å². The molecule has 0 aromatic heterocycles. The van der Waals surface area contributed by atoms with Crippen LogP contribution in [-0.4, -0.2) is 48.8 Å². The Hall–Kier alpha value is -0.120. The zero-order chi connectivity index (χ0) is 13.0. The van der Waals surface area contributed by atoms with Crippen molar-refractivity contribution in [3.05, 3.63) is 0 Å². The van der Waals surface area contributed by atoms with E-state index in [1.165, 1.54) is 32.1 Å². The monoisotopic (exact) mass is 254 g/mol. The summed E-state index contributed by atoms with van der Waals surface area (Å²) in [4.78, 5) is 2.59. The van der Waals surface area contributed by atoms with Crippen molar-refractivity contribution in [2.24, 2.45) is 0 Å². The van der Waals surface area contributed by atoms with Crippen molar-refractivity contribution >= 4 is 0 Å². The predicted molar refractivity (Wildman–Crippen MR) is 75.9 cm³/mol. The third kappa shape index (κ3) is 3.69. The van der Waals surface area contributed by atoms with Gasteiger partial charge in [0.2, 0.25) is 0 Å². The van der Waals surface area contributed by atoms with Crippen LogP contribution in [-0.2, 0) is 4.74 Å². The van der Waals surface area contributed by atoms with Crippen LogP contribution in [0.25, 0.3) is 0 Å². The average molecular weight is 254 g/mol. The van der Waals surface area contributed by atoms with Crippen molar-refractivity contribution in [1.82, 2.24) is 10.2 Å². The van der Waals surface area contributed by atoms with Gasteiger partial charge in [-0.2, -0.15) is 0 Å².